The molecule has 0 fully saturated rings. The van der Waals surface area contributed by atoms with Crippen LogP contribution in [-0.4, -0.2) is 46.5 Å². The minimum atomic E-state index is -1.10. The van der Waals surface area contributed by atoms with Gasteiger partial charge in [-0.2, -0.15) is 5.10 Å². The summed E-state index contributed by atoms with van der Waals surface area (Å²) in [5.74, 6) is -1.60. The molecule has 1 aromatic carbocycles. The summed E-state index contributed by atoms with van der Waals surface area (Å²) in [7, 11) is 3.21. The Bertz CT molecular complexity index is 665. The number of carboxylic acid groups (broad SMARTS) is 1. The molecule has 0 aliphatic rings. The van der Waals surface area contributed by atoms with Crippen LogP contribution >= 0.6 is 0 Å². The third-order valence-electron chi connectivity index (χ3n) is 3.19. The van der Waals surface area contributed by atoms with Gasteiger partial charge in [0.1, 0.15) is 6.04 Å². The number of aryl methyl sites for hydroxylation is 1. The first-order valence-corrected chi connectivity index (χ1v) is 6.49. The molecular formula is C14H17N3O4. The number of amides is 1. The number of nitrogens with zero attached hydrogens (tertiary/aromatic N) is 2. The van der Waals surface area contributed by atoms with E-state index in [-0.39, 0.29) is 18.7 Å². The number of hydrogen-bond acceptors (Lipinski definition) is 4. The normalized spacial score (nSPS) is 12.3. The van der Waals surface area contributed by atoms with Gasteiger partial charge in [-0.15, -0.1) is 0 Å². The number of aliphatic carboxylic acids is 1. The van der Waals surface area contributed by atoms with Crippen LogP contribution in [0, 0.1) is 0 Å². The molecule has 0 saturated carbocycles. The lowest BCUT2D eigenvalue weighted by Gasteiger charge is -2.13. The molecule has 0 spiro atoms. The van der Waals surface area contributed by atoms with Gasteiger partial charge in [-0.25, -0.2) is 4.79 Å². The van der Waals surface area contributed by atoms with Crippen molar-refractivity contribution < 1.29 is 19.4 Å². The number of nitrogens with one attached hydrogen (secondary N) is 1. The summed E-state index contributed by atoms with van der Waals surface area (Å²) in [6.07, 6.45) is 0.197. The summed E-state index contributed by atoms with van der Waals surface area (Å²) < 4.78 is 6.44. The van der Waals surface area contributed by atoms with Gasteiger partial charge in [0.25, 0.3) is 5.91 Å². The molecule has 1 heterocycles. The molecule has 112 valence electrons. The average molecular weight is 291 g/mol. The molecule has 2 N–H and O–H groups in total. The van der Waals surface area contributed by atoms with Crippen molar-refractivity contribution >= 4 is 22.8 Å². The molecule has 21 heavy (non-hydrogen) atoms. The summed E-state index contributed by atoms with van der Waals surface area (Å²) >= 11 is 0. The van der Waals surface area contributed by atoms with E-state index in [1.54, 1.807) is 23.9 Å². The molecule has 7 nitrogen and oxygen atoms in total. The van der Waals surface area contributed by atoms with Crippen molar-refractivity contribution in [2.24, 2.45) is 7.05 Å². The van der Waals surface area contributed by atoms with Gasteiger partial charge in [-0.3, -0.25) is 9.48 Å². The first-order chi connectivity index (χ1) is 10.0. The van der Waals surface area contributed by atoms with Gasteiger partial charge in [0.05, 0.1) is 5.52 Å². The number of rotatable bonds is 6. The quantitative estimate of drug-likeness (QED) is 0.821. The molecule has 1 atom stereocenters. The van der Waals surface area contributed by atoms with Crippen molar-refractivity contribution in [2.75, 3.05) is 13.7 Å². The molecule has 0 saturated heterocycles. The number of ether oxygens (including phenoxy) is 1. The Morgan fingerprint density at radius 2 is 2.14 bits per heavy atom. The van der Waals surface area contributed by atoms with Crippen molar-refractivity contribution in [2.45, 2.75) is 12.5 Å². The Labute approximate surface area is 121 Å². The number of carbonyl (C=O) groups is 2. The Kier molecular flexibility index (Phi) is 4.54. The topological polar surface area (TPSA) is 93.5 Å². The maximum atomic E-state index is 12.3. The van der Waals surface area contributed by atoms with Crippen LogP contribution in [0.5, 0.6) is 0 Å². The smallest absolute Gasteiger partial charge is 0.326 e. The summed E-state index contributed by atoms with van der Waals surface area (Å²) in [5.41, 5.74) is 1.03. The van der Waals surface area contributed by atoms with E-state index in [1.807, 2.05) is 12.1 Å². The predicted molar refractivity (Wildman–Crippen MR) is 76.1 cm³/mol. The second kappa shape index (κ2) is 6.36. The largest absolute Gasteiger partial charge is 0.480 e. The Morgan fingerprint density at radius 3 is 2.81 bits per heavy atom. The molecule has 2 aromatic rings. The molecule has 1 amide bonds. The van der Waals surface area contributed by atoms with E-state index in [9.17, 15) is 9.59 Å². The highest BCUT2D eigenvalue weighted by Crippen LogP contribution is 2.17. The summed E-state index contributed by atoms with van der Waals surface area (Å²) in [6.45, 7) is 0.250. The zero-order valence-corrected chi connectivity index (χ0v) is 11.9. The van der Waals surface area contributed by atoms with Gasteiger partial charge in [-0.05, 0) is 6.07 Å². The van der Waals surface area contributed by atoms with Crippen LogP contribution in [-0.2, 0) is 16.6 Å². The lowest BCUT2D eigenvalue weighted by Crippen LogP contribution is -2.41. The monoisotopic (exact) mass is 291 g/mol. The molecule has 1 unspecified atom stereocenters. The molecular weight excluding hydrogens is 274 g/mol. The van der Waals surface area contributed by atoms with Crippen LogP contribution in [0.4, 0.5) is 0 Å². The van der Waals surface area contributed by atoms with E-state index in [2.05, 4.69) is 10.4 Å². The van der Waals surface area contributed by atoms with Gasteiger partial charge in [0.2, 0.25) is 0 Å². The van der Waals surface area contributed by atoms with Crippen LogP contribution < -0.4 is 5.32 Å². The molecule has 0 aliphatic heterocycles. The molecule has 0 radical (unpaired) electrons. The number of benzene rings is 1. The SMILES string of the molecule is COCCC(NC(=O)c1nn(C)c2ccccc12)C(=O)O. The van der Waals surface area contributed by atoms with Crippen molar-refractivity contribution in [3.05, 3.63) is 30.0 Å². The third kappa shape index (κ3) is 3.19. The first-order valence-electron chi connectivity index (χ1n) is 6.49. The Morgan fingerprint density at radius 1 is 1.43 bits per heavy atom. The summed E-state index contributed by atoms with van der Waals surface area (Å²) in [4.78, 5) is 23.4. The maximum absolute atomic E-state index is 12.3. The highest BCUT2D eigenvalue weighted by atomic mass is 16.5. The molecule has 0 bridgehead atoms. The highest BCUT2D eigenvalue weighted by molar-refractivity contribution is 6.05. The zero-order valence-electron chi connectivity index (χ0n) is 11.9. The van der Waals surface area contributed by atoms with Crippen LogP contribution in [0.25, 0.3) is 10.9 Å². The van der Waals surface area contributed by atoms with E-state index in [0.717, 1.165) is 5.52 Å². The van der Waals surface area contributed by atoms with Gasteiger partial charge < -0.3 is 15.2 Å². The second-order valence-electron chi connectivity index (χ2n) is 4.64. The summed E-state index contributed by atoms with van der Waals surface area (Å²) in [6, 6.07) is 6.28. The molecule has 1 aromatic heterocycles. The van der Waals surface area contributed by atoms with Crippen LogP contribution in [0.15, 0.2) is 24.3 Å². The first kappa shape index (κ1) is 15.0. The number of aromatic nitrogens is 2. The van der Waals surface area contributed by atoms with Crippen molar-refractivity contribution in [3.8, 4) is 0 Å². The number of carboxylic acids is 1. The number of para-hydroxylation sites is 1. The Hall–Kier alpha value is -2.41. The fourth-order valence-electron chi connectivity index (χ4n) is 2.10. The lowest BCUT2D eigenvalue weighted by molar-refractivity contribution is -0.139. The van der Waals surface area contributed by atoms with Crippen LogP contribution in [0.3, 0.4) is 0 Å². The minimum absolute atomic E-state index is 0.197. The predicted octanol–water partition coefficient (Wildman–Crippen LogP) is 0.793. The van der Waals surface area contributed by atoms with Crippen molar-refractivity contribution in [1.29, 1.82) is 0 Å². The van der Waals surface area contributed by atoms with Gasteiger partial charge in [-0.1, -0.05) is 18.2 Å². The molecule has 2 rings (SSSR count). The zero-order chi connectivity index (χ0) is 15.4. The van der Waals surface area contributed by atoms with Gasteiger partial charge in [0, 0.05) is 32.6 Å². The molecule has 0 aliphatic carbocycles. The number of fused-ring (bicyclic) bond motifs is 1. The molecule has 7 heteroatoms. The fraction of sp³-hybridized carbons (Fsp3) is 0.357. The van der Waals surface area contributed by atoms with Crippen molar-refractivity contribution in [1.82, 2.24) is 15.1 Å². The van der Waals surface area contributed by atoms with E-state index < -0.39 is 17.9 Å². The number of methoxy groups -OCH3 is 1. The van der Waals surface area contributed by atoms with E-state index in [4.69, 9.17) is 9.84 Å². The van der Waals surface area contributed by atoms with Gasteiger partial charge in [0.15, 0.2) is 5.69 Å². The third-order valence-corrected chi connectivity index (χ3v) is 3.19. The van der Waals surface area contributed by atoms with Crippen molar-refractivity contribution in [3.63, 3.8) is 0 Å². The van der Waals surface area contributed by atoms with Crippen LogP contribution in [0.2, 0.25) is 0 Å². The van der Waals surface area contributed by atoms with E-state index >= 15 is 0 Å². The summed E-state index contributed by atoms with van der Waals surface area (Å²) in [5, 5.41) is 16.4. The van der Waals surface area contributed by atoms with Gasteiger partial charge >= 0.3 is 5.97 Å². The van der Waals surface area contributed by atoms with Crippen LogP contribution in [0.1, 0.15) is 16.9 Å². The minimum Gasteiger partial charge on any atom is -0.480 e. The van der Waals surface area contributed by atoms with E-state index in [0.29, 0.717) is 5.39 Å². The Balaban J connectivity index is 2.23. The second-order valence-corrected chi connectivity index (χ2v) is 4.64. The fourth-order valence-corrected chi connectivity index (χ4v) is 2.10. The number of carbonyl (C=O) groups excluding carboxylic acids is 1. The average Bonchev–Trinajstić information content (AvgIpc) is 2.81. The maximum Gasteiger partial charge on any atom is 0.326 e. The number of hydrogen-bond donors (Lipinski definition) is 2. The van der Waals surface area contributed by atoms with E-state index in [1.165, 1.54) is 7.11 Å². The standard InChI is InChI=1S/C14H17N3O4/c1-17-11-6-4-3-5-9(11)12(16-17)13(18)15-10(14(19)20)7-8-21-2/h3-6,10H,7-8H2,1-2H3,(H,15,18)(H,19,20). The highest BCUT2D eigenvalue weighted by Gasteiger charge is 2.23. The lowest BCUT2D eigenvalue weighted by atomic mass is 10.1.